The molecule has 1 fully saturated rings. The SMILES string of the molecule is CCNC(=NCc1ncc(CC)s1)NCC1(c2ccc(F)cc2)CCOCC1.I. The van der Waals surface area contributed by atoms with Crippen LogP contribution in [0.1, 0.15) is 42.1 Å². The lowest BCUT2D eigenvalue weighted by Crippen LogP contribution is -2.48. The maximum absolute atomic E-state index is 13.4. The second-order valence-corrected chi connectivity index (χ2v) is 8.22. The molecular weight excluding hydrogens is 502 g/mol. The molecule has 1 aromatic carbocycles. The lowest BCUT2D eigenvalue weighted by molar-refractivity contribution is 0.0513. The van der Waals surface area contributed by atoms with Gasteiger partial charge in [0.2, 0.25) is 0 Å². The van der Waals surface area contributed by atoms with E-state index in [0.29, 0.717) is 19.8 Å². The summed E-state index contributed by atoms with van der Waals surface area (Å²) >= 11 is 1.71. The van der Waals surface area contributed by atoms with Gasteiger partial charge in [-0.2, -0.15) is 0 Å². The zero-order valence-corrected chi connectivity index (χ0v) is 20.2. The number of aliphatic imine (C=N–C) groups is 1. The molecule has 0 atom stereocenters. The van der Waals surface area contributed by atoms with E-state index in [1.807, 2.05) is 18.3 Å². The lowest BCUT2D eigenvalue weighted by Gasteiger charge is -2.38. The Morgan fingerprint density at radius 1 is 1.21 bits per heavy atom. The molecule has 0 amide bonds. The van der Waals surface area contributed by atoms with Crippen molar-refractivity contribution in [2.45, 2.75) is 45.1 Å². The second kappa shape index (κ2) is 11.8. The third-order valence-corrected chi connectivity index (χ3v) is 6.29. The number of nitrogens with one attached hydrogen (secondary N) is 2. The number of thiazole rings is 1. The van der Waals surface area contributed by atoms with E-state index in [4.69, 9.17) is 9.73 Å². The molecule has 29 heavy (non-hydrogen) atoms. The van der Waals surface area contributed by atoms with Crippen LogP contribution >= 0.6 is 35.3 Å². The highest BCUT2D eigenvalue weighted by molar-refractivity contribution is 14.0. The van der Waals surface area contributed by atoms with E-state index in [1.165, 1.54) is 4.88 Å². The number of aryl methyl sites for hydroxylation is 1. The summed E-state index contributed by atoms with van der Waals surface area (Å²) < 4.78 is 19.0. The Balaban J connectivity index is 0.00000300. The summed E-state index contributed by atoms with van der Waals surface area (Å²) in [6.45, 7) is 7.70. The second-order valence-electron chi connectivity index (χ2n) is 7.02. The van der Waals surface area contributed by atoms with E-state index < -0.39 is 0 Å². The van der Waals surface area contributed by atoms with Gasteiger partial charge in [-0.1, -0.05) is 19.1 Å². The molecule has 1 aromatic heterocycles. The molecule has 0 unspecified atom stereocenters. The molecule has 1 aliphatic heterocycles. The van der Waals surface area contributed by atoms with Gasteiger partial charge in [-0.25, -0.2) is 14.4 Å². The number of halogens is 2. The maximum atomic E-state index is 13.4. The predicted molar refractivity (Wildman–Crippen MR) is 128 cm³/mol. The monoisotopic (exact) mass is 532 g/mol. The van der Waals surface area contributed by atoms with Crippen LogP contribution in [-0.2, 0) is 23.1 Å². The zero-order valence-electron chi connectivity index (χ0n) is 17.0. The number of guanidine groups is 1. The summed E-state index contributed by atoms with van der Waals surface area (Å²) in [4.78, 5) is 10.4. The molecule has 5 nitrogen and oxygen atoms in total. The molecule has 0 saturated carbocycles. The van der Waals surface area contributed by atoms with Gasteiger partial charge in [-0.05, 0) is 43.9 Å². The van der Waals surface area contributed by atoms with Crippen LogP contribution in [0, 0.1) is 5.82 Å². The topological polar surface area (TPSA) is 58.5 Å². The van der Waals surface area contributed by atoms with Crippen LogP contribution < -0.4 is 10.6 Å². The van der Waals surface area contributed by atoms with Crippen LogP contribution in [0.2, 0.25) is 0 Å². The fourth-order valence-electron chi connectivity index (χ4n) is 3.46. The standard InChI is InChI=1S/C21H29FN4OS.HI/c1-3-18-13-24-19(28-18)14-25-20(23-4-2)26-15-21(9-11-27-12-10-21)16-5-7-17(22)8-6-16;/h5-8,13H,3-4,9-12,14-15H2,1-2H3,(H2,23,25,26);1H. The van der Waals surface area contributed by atoms with Crippen molar-refractivity contribution in [2.75, 3.05) is 26.3 Å². The van der Waals surface area contributed by atoms with Gasteiger partial charge in [0.05, 0.1) is 6.54 Å². The molecule has 0 spiro atoms. The molecule has 3 rings (SSSR count). The Kier molecular flexibility index (Phi) is 9.78. The van der Waals surface area contributed by atoms with E-state index >= 15 is 0 Å². The van der Waals surface area contributed by atoms with Crippen molar-refractivity contribution in [2.24, 2.45) is 4.99 Å². The molecule has 1 aliphatic rings. The first-order chi connectivity index (χ1) is 13.6. The number of ether oxygens (including phenoxy) is 1. The number of hydrogen-bond acceptors (Lipinski definition) is 4. The Morgan fingerprint density at radius 3 is 2.55 bits per heavy atom. The quantitative estimate of drug-likeness (QED) is 0.318. The average molecular weight is 532 g/mol. The van der Waals surface area contributed by atoms with Gasteiger partial charge in [0, 0.05) is 42.8 Å². The van der Waals surface area contributed by atoms with Crippen LogP contribution in [0.4, 0.5) is 4.39 Å². The summed E-state index contributed by atoms with van der Waals surface area (Å²) in [5, 5.41) is 7.84. The number of rotatable bonds is 7. The summed E-state index contributed by atoms with van der Waals surface area (Å²) in [5.41, 5.74) is 1.06. The molecule has 1 saturated heterocycles. The third kappa shape index (κ3) is 6.62. The van der Waals surface area contributed by atoms with Gasteiger partial charge >= 0.3 is 0 Å². The van der Waals surface area contributed by atoms with Crippen molar-refractivity contribution < 1.29 is 9.13 Å². The number of nitrogens with zero attached hydrogens (tertiary/aromatic N) is 2. The first-order valence-corrected chi connectivity index (χ1v) is 10.8. The van der Waals surface area contributed by atoms with Crippen molar-refractivity contribution in [3.63, 3.8) is 0 Å². The smallest absolute Gasteiger partial charge is 0.191 e. The van der Waals surface area contributed by atoms with Crippen LogP contribution in [-0.4, -0.2) is 37.2 Å². The summed E-state index contributed by atoms with van der Waals surface area (Å²) in [6.07, 6.45) is 4.73. The fourth-order valence-corrected chi connectivity index (χ4v) is 4.25. The highest BCUT2D eigenvalue weighted by Crippen LogP contribution is 2.34. The van der Waals surface area contributed by atoms with E-state index in [9.17, 15) is 4.39 Å². The third-order valence-electron chi connectivity index (χ3n) is 5.17. The van der Waals surface area contributed by atoms with Crippen molar-refractivity contribution in [3.05, 3.63) is 51.7 Å². The summed E-state index contributed by atoms with van der Waals surface area (Å²) in [6, 6.07) is 6.88. The van der Waals surface area contributed by atoms with E-state index in [-0.39, 0.29) is 35.2 Å². The normalized spacial score (nSPS) is 16.2. The Bertz CT molecular complexity index is 775. The van der Waals surface area contributed by atoms with Gasteiger partial charge in [-0.3, -0.25) is 0 Å². The van der Waals surface area contributed by atoms with Crippen LogP contribution in [0.5, 0.6) is 0 Å². The summed E-state index contributed by atoms with van der Waals surface area (Å²) in [7, 11) is 0. The molecule has 160 valence electrons. The van der Waals surface area contributed by atoms with Gasteiger partial charge < -0.3 is 15.4 Å². The molecule has 0 radical (unpaired) electrons. The molecule has 0 bridgehead atoms. The van der Waals surface area contributed by atoms with E-state index in [1.54, 1.807) is 23.5 Å². The molecular formula is C21H30FIN4OS. The van der Waals surface area contributed by atoms with Gasteiger partial charge in [0.15, 0.2) is 5.96 Å². The van der Waals surface area contributed by atoms with E-state index in [2.05, 4.69) is 29.5 Å². The minimum Gasteiger partial charge on any atom is -0.381 e. The van der Waals surface area contributed by atoms with Crippen LogP contribution in [0.3, 0.4) is 0 Å². The Labute approximate surface area is 193 Å². The van der Waals surface area contributed by atoms with Crippen molar-refractivity contribution >= 4 is 41.3 Å². The molecule has 8 heteroatoms. The number of hydrogen-bond donors (Lipinski definition) is 2. The zero-order chi connectivity index (χ0) is 19.8. The fraction of sp³-hybridized carbons (Fsp3) is 0.524. The summed E-state index contributed by atoms with van der Waals surface area (Å²) in [5.74, 6) is 0.576. The minimum absolute atomic E-state index is 0. The number of benzene rings is 1. The highest BCUT2D eigenvalue weighted by Gasteiger charge is 2.34. The first kappa shape index (κ1) is 24.0. The lowest BCUT2D eigenvalue weighted by atomic mass is 9.74. The van der Waals surface area contributed by atoms with Crippen molar-refractivity contribution in [1.82, 2.24) is 15.6 Å². The van der Waals surface area contributed by atoms with Gasteiger partial charge in [0.25, 0.3) is 0 Å². The molecule has 2 heterocycles. The van der Waals surface area contributed by atoms with Crippen molar-refractivity contribution in [1.29, 1.82) is 0 Å². The Hall–Kier alpha value is -1.26. The highest BCUT2D eigenvalue weighted by atomic mass is 127. The van der Waals surface area contributed by atoms with E-state index in [0.717, 1.165) is 48.9 Å². The Morgan fingerprint density at radius 2 is 1.93 bits per heavy atom. The molecule has 0 aliphatic carbocycles. The minimum atomic E-state index is -0.205. The van der Waals surface area contributed by atoms with Crippen molar-refractivity contribution in [3.8, 4) is 0 Å². The number of aromatic nitrogens is 1. The predicted octanol–water partition coefficient (Wildman–Crippen LogP) is 4.27. The first-order valence-electron chi connectivity index (χ1n) is 9.95. The molecule has 2 N–H and O–H groups in total. The maximum Gasteiger partial charge on any atom is 0.191 e. The van der Waals surface area contributed by atoms with Gasteiger partial charge in [-0.15, -0.1) is 35.3 Å². The average Bonchev–Trinajstić information content (AvgIpc) is 3.19. The van der Waals surface area contributed by atoms with Crippen LogP contribution in [0.15, 0.2) is 35.5 Å². The largest absolute Gasteiger partial charge is 0.381 e. The molecule has 2 aromatic rings. The van der Waals surface area contributed by atoms with Gasteiger partial charge in [0.1, 0.15) is 10.8 Å². The van der Waals surface area contributed by atoms with Crippen LogP contribution in [0.25, 0.3) is 0 Å².